The van der Waals surface area contributed by atoms with Crippen LogP contribution in [0, 0.1) is 6.92 Å². The fourth-order valence-corrected chi connectivity index (χ4v) is 3.50. The van der Waals surface area contributed by atoms with E-state index in [1.165, 1.54) is 12.8 Å². The number of rotatable bonds is 4. The minimum absolute atomic E-state index is 0.0433. The molecule has 1 saturated carbocycles. The van der Waals surface area contributed by atoms with Gasteiger partial charge in [0.1, 0.15) is 17.8 Å². The predicted molar refractivity (Wildman–Crippen MR) is 89.8 cm³/mol. The largest absolute Gasteiger partial charge is 0.350 e. The number of carbonyl (C=O) groups excluding carboxylic acids is 1. The first-order valence-electron chi connectivity index (χ1n) is 8.58. The molecule has 2 fully saturated rings. The summed E-state index contributed by atoms with van der Waals surface area (Å²) in [7, 11) is 0. The van der Waals surface area contributed by atoms with Crippen LogP contribution in [-0.2, 0) is 0 Å². The first-order valence-corrected chi connectivity index (χ1v) is 8.58. The first-order chi connectivity index (χ1) is 11.7. The Kier molecular flexibility index (Phi) is 3.92. The van der Waals surface area contributed by atoms with Gasteiger partial charge in [0.2, 0.25) is 0 Å². The normalized spacial score (nSPS) is 18.6. The molecule has 0 unspecified atom stereocenters. The van der Waals surface area contributed by atoms with Crippen LogP contribution in [0.15, 0.2) is 24.7 Å². The summed E-state index contributed by atoms with van der Waals surface area (Å²) in [5.41, 5.74) is 1.57. The third-order valence-corrected chi connectivity index (χ3v) is 4.87. The Hall–Kier alpha value is -2.44. The maximum Gasteiger partial charge on any atom is 0.271 e. The summed E-state index contributed by atoms with van der Waals surface area (Å²) >= 11 is 0. The highest BCUT2D eigenvalue weighted by molar-refractivity contribution is 5.92. The van der Waals surface area contributed by atoms with Crippen molar-refractivity contribution in [2.75, 3.05) is 18.0 Å². The lowest BCUT2D eigenvalue weighted by Gasteiger charge is -2.39. The molecule has 24 heavy (non-hydrogen) atoms. The molecule has 4 rings (SSSR count). The molecule has 2 aromatic rings. The summed E-state index contributed by atoms with van der Waals surface area (Å²) < 4.78 is 0. The van der Waals surface area contributed by atoms with Crippen LogP contribution < -0.4 is 4.90 Å². The number of aryl methyl sites for hydroxylation is 1. The van der Waals surface area contributed by atoms with Crippen LogP contribution in [0.5, 0.6) is 0 Å². The van der Waals surface area contributed by atoms with Gasteiger partial charge in [0, 0.05) is 43.1 Å². The Morgan fingerprint density at radius 2 is 1.96 bits per heavy atom. The van der Waals surface area contributed by atoms with Gasteiger partial charge in [0.05, 0.1) is 0 Å². The van der Waals surface area contributed by atoms with Crippen molar-refractivity contribution < 1.29 is 4.79 Å². The van der Waals surface area contributed by atoms with Crippen LogP contribution >= 0.6 is 0 Å². The topological polar surface area (TPSA) is 78.0 Å². The number of aromatic amines is 1. The first kappa shape index (κ1) is 15.1. The molecule has 0 bridgehead atoms. The quantitative estimate of drug-likeness (QED) is 0.926. The Labute approximate surface area is 141 Å². The van der Waals surface area contributed by atoms with E-state index in [1.807, 2.05) is 11.8 Å². The number of anilines is 1. The van der Waals surface area contributed by atoms with Crippen LogP contribution in [0.1, 0.15) is 41.9 Å². The molecule has 2 aromatic heterocycles. The number of likely N-dealkylation sites (tertiary alicyclic amines) is 1. The number of H-pyrrole nitrogens is 1. The summed E-state index contributed by atoms with van der Waals surface area (Å²) in [5, 5.41) is 6.63. The zero-order valence-corrected chi connectivity index (χ0v) is 13.9. The fraction of sp³-hybridized carbons (Fsp3) is 0.529. The molecular formula is C17H22N6O. The summed E-state index contributed by atoms with van der Waals surface area (Å²) in [6.45, 7) is 3.55. The van der Waals surface area contributed by atoms with E-state index in [0.717, 1.165) is 37.4 Å². The van der Waals surface area contributed by atoms with Gasteiger partial charge in [-0.3, -0.25) is 9.89 Å². The van der Waals surface area contributed by atoms with Gasteiger partial charge in [0.25, 0.3) is 5.91 Å². The Bertz CT molecular complexity index is 704. The third-order valence-electron chi connectivity index (χ3n) is 4.87. The van der Waals surface area contributed by atoms with Gasteiger partial charge in [-0.05, 0) is 38.7 Å². The summed E-state index contributed by atoms with van der Waals surface area (Å²) in [6, 6.07) is 4.84. The van der Waals surface area contributed by atoms with Gasteiger partial charge in [-0.1, -0.05) is 0 Å². The molecule has 3 heterocycles. The van der Waals surface area contributed by atoms with Crippen molar-refractivity contribution >= 4 is 11.7 Å². The van der Waals surface area contributed by atoms with Crippen LogP contribution in [0.3, 0.4) is 0 Å². The lowest BCUT2D eigenvalue weighted by atomic mass is 10.0. The maximum absolute atomic E-state index is 12.4. The van der Waals surface area contributed by atoms with Crippen molar-refractivity contribution in [3.63, 3.8) is 0 Å². The van der Waals surface area contributed by atoms with E-state index in [4.69, 9.17) is 0 Å². The van der Waals surface area contributed by atoms with Crippen molar-refractivity contribution in [3.8, 4) is 0 Å². The summed E-state index contributed by atoms with van der Waals surface area (Å²) in [4.78, 5) is 25.5. The lowest BCUT2D eigenvalue weighted by molar-refractivity contribution is 0.0706. The highest BCUT2D eigenvalue weighted by atomic mass is 16.2. The number of carbonyl (C=O) groups is 1. The van der Waals surface area contributed by atoms with Crippen molar-refractivity contribution in [1.29, 1.82) is 0 Å². The molecular weight excluding hydrogens is 304 g/mol. The number of hydrogen-bond acceptors (Lipinski definition) is 5. The SMILES string of the molecule is Cc1cc(N(C2CC2)C2CCN(C(=O)c3ccn[nH]3)CC2)ncn1. The van der Waals surface area contributed by atoms with Gasteiger partial charge in [-0.25, -0.2) is 9.97 Å². The van der Waals surface area contributed by atoms with Crippen LogP contribution in [-0.4, -0.2) is 56.1 Å². The van der Waals surface area contributed by atoms with Crippen molar-refractivity contribution in [2.24, 2.45) is 0 Å². The monoisotopic (exact) mass is 326 g/mol. The molecule has 7 nitrogen and oxygen atoms in total. The van der Waals surface area contributed by atoms with Gasteiger partial charge >= 0.3 is 0 Å². The van der Waals surface area contributed by atoms with Crippen LogP contribution in [0.4, 0.5) is 5.82 Å². The molecule has 0 spiro atoms. The minimum Gasteiger partial charge on any atom is -0.350 e. The molecule has 1 aliphatic carbocycles. The second kappa shape index (κ2) is 6.22. The van der Waals surface area contributed by atoms with Crippen molar-refractivity contribution in [1.82, 2.24) is 25.1 Å². The van der Waals surface area contributed by atoms with E-state index < -0.39 is 0 Å². The summed E-state index contributed by atoms with van der Waals surface area (Å²) in [5.74, 6) is 1.07. The van der Waals surface area contributed by atoms with Crippen LogP contribution in [0.25, 0.3) is 0 Å². The van der Waals surface area contributed by atoms with E-state index >= 15 is 0 Å². The average Bonchev–Trinajstić information content (AvgIpc) is 3.27. The number of aromatic nitrogens is 4. The Morgan fingerprint density at radius 3 is 2.58 bits per heavy atom. The molecule has 1 saturated heterocycles. The second-order valence-corrected chi connectivity index (χ2v) is 6.65. The predicted octanol–water partition coefficient (Wildman–Crippen LogP) is 1.78. The molecule has 1 aliphatic heterocycles. The molecule has 0 atom stereocenters. The third kappa shape index (κ3) is 2.98. The summed E-state index contributed by atoms with van der Waals surface area (Å²) in [6.07, 6.45) is 7.68. The number of hydrogen-bond donors (Lipinski definition) is 1. The molecule has 1 amide bonds. The molecule has 7 heteroatoms. The lowest BCUT2D eigenvalue weighted by Crippen LogP contribution is -2.48. The molecule has 2 aliphatic rings. The molecule has 0 aromatic carbocycles. The van der Waals surface area contributed by atoms with E-state index in [-0.39, 0.29) is 5.91 Å². The standard InChI is InChI=1S/C17H22N6O/c1-12-10-16(19-11-18-12)23(13-2-3-13)14-5-8-22(9-6-14)17(24)15-4-7-20-21-15/h4,7,10-11,13-14H,2-3,5-6,8-9H2,1H3,(H,20,21). The number of nitrogens with zero attached hydrogens (tertiary/aromatic N) is 5. The van der Waals surface area contributed by atoms with Crippen LogP contribution in [0.2, 0.25) is 0 Å². The number of piperidine rings is 1. The van der Waals surface area contributed by atoms with E-state index in [2.05, 4.69) is 31.1 Å². The highest BCUT2D eigenvalue weighted by Crippen LogP contribution is 2.35. The van der Waals surface area contributed by atoms with Crippen molar-refractivity contribution in [3.05, 3.63) is 36.0 Å². The minimum atomic E-state index is 0.0433. The highest BCUT2D eigenvalue weighted by Gasteiger charge is 2.37. The smallest absolute Gasteiger partial charge is 0.271 e. The van der Waals surface area contributed by atoms with Gasteiger partial charge in [0.15, 0.2) is 0 Å². The number of nitrogens with one attached hydrogen (secondary N) is 1. The molecule has 126 valence electrons. The van der Waals surface area contributed by atoms with E-state index in [1.54, 1.807) is 18.6 Å². The Balaban J connectivity index is 1.45. The number of amides is 1. The zero-order valence-electron chi connectivity index (χ0n) is 13.9. The fourth-order valence-electron chi connectivity index (χ4n) is 3.50. The molecule has 0 radical (unpaired) electrons. The zero-order chi connectivity index (χ0) is 16.5. The van der Waals surface area contributed by atoms with Gasteiger partial charge in [-0.15, -0.1) is 0 Å². The van der Waals surface area contributed by atoms with Gasteiger partial charge in [-0.2, -0.15) is 5.10 Å². The van der Waals surface area contributed by atoms with Gasteiger partial charge < -0.3 is 9.80 Å². The second-order valence-electron chi connectivity index (χ2n) is 6.65. The maximum atomic E-state index is 12.4. The molecule has 1 N–H and O–H groups in total. The van der Waals surface area contributed by atoms with Crippen molar-refractivity contribution in [2.45, 2.75) is 44.7 Å². The average molecular weight is 326 g/mol. The van der Waals surface area contributed by atoms with E-state index in [9.17, 15) is 4.79 Å². The Morgan fingerprint density at radius 1 is 1.21 bits per heavy atom. The van der Waals surface area contributed by atoms with E-state index in [0.29, 0.717) is 17.8 Å².